The summed E-state index contributed by atoms with van der Waals surface area (Å²) in [5.74, 6) is 0.346. The Morgan fingerprint density at radius 3 is 2.61 bits per heavy atom. The van der Waals surface area contributed by atoms with E-state index in [0.717, 1.165) is 17.0 Å². The van der Waals surface area contributed by atoms with E-state index >= 15 is 0 Å². The second-order valence-corrected chi connectivity index (χ2v) is 7.38. The summed E-state index contributed by atoms with van der Waals surface area (Å²) < 4.78 is 27.9. The third-order valence-corrected chi connectivity index (χ3v) is 4.85. The third-order valence-electron chi connectivity index (χ3n) is 4.27. The van der Waals surface area contributed by atoms with Crippen molar-refractivity contribution in [2.45, 2.75) is 20.8 Å². The van der Waals surface area contributed by atoms with E-state index in [1.165, 1.54) is 0 Å². The number of nitrogens with zero attached hydrogens (tertiary/aromatic N) is 2. The van der Waals surface area contributed by atoms with Crippen molar-refractivity contribution in [1.82, 2.24) is 9.78 Å². The second-order valence-electron chi connectivity index (χ2n) is 6.53. The normalized spacial score (nSPS) is 16.3. The minimum absolute atomic E-state index is 0.0428. The highest BCUT2D eigenvalue weighted by atomic mass is 79.9. The molecule has 1 aliphatic rings. The van der Waals surface area contributed by atoms with E-state index in [0.29, 0.717) is 35.6 Å². The lowest BCUT2D eigenvalue weighted by Gasteiger charge is -2.37. The molecule has 4 nitrogen and oxygen atoms in total. The van der Waals surface area contributed by atoms with Crippen molar-refractivity contribution in [3.05, 3.63) is 33.8 Å². The van der Waals surface area contributed by atoms with E-state index in [4.69, 9.17) is 9.47 Å². The molecule has 1 saturated heterocycles. The Kier molecular flexibility index (Phi) is 4.23. The molecular weight excluding hydrogens is 363 g/mol. The van der Waals surface area contributed by atoms with Gasteiger partial charge in [0, 0.05) is 29.3 Å². The zero-order valence-electron chi connectivity index (χ0n) is 13.7. The summed E-state index contributed by atoms with van der Waals surface area (Å²) in [4.78, 5) is 0. The van der Waals surface area contributed by atoms with Gasteiger partial charge >= 0.3 is 0 Å². The van der Waals surface area contributed by atoms with Gasteiger partial charge in [-0.25, -0.2) is 4.39 Å². The van der Waals surface area contributed by atoms with Crippen molar-refractivity contribution in [1.29, 1.82) is 0 Å². The molecule has 0 aliphatic carbocycles. The van der Waals surface area contributed by atoms with E-state index < -0.39 is 0 Å². The number of halogens is 2. The lowest BCUT2D eigenvalue weighted by atomic mass is 9.90. The van der Waals surface area contributed by atoms with Crippen LogP contribution in [-0.2, 0) is 11.8 Å². The molecule has 23 heavy (non-hydrogen) atoms. The minimum Gasteiger partial charge on any atom is -0.493 e. The van der Waals surface area contributed by atoms with E-state index in [9.17, 15) is 4.39 Å². The van der Waals surface area contributed by atoms with Crippen molar-refractivity contribution < 1.29 is 13.9 Å². The highest BCUT2D eigenvalue weighted by molar-refractivity contribution is 9.10. The molecule has 2 heterocycles. The molecule has 1 aromatic heterocycles. The minimum atomic E-state index is -0.297. The maximum atomic E-state index is 14.6. The number of aromatic nitrogens is 2. The Balaban J connectivity index is 1.96. The lowest BCUT2D eigenvalue weighted by Crippen LogP contribution is -2.44. The van der Waals surface area contributed by atoms with Crippen molar-refractivity contribution >= 4 is 15.9 Å². The number of benzene rings is 1. The Morgan fingerprint density at radius 2 is 2.09 bits per heavy atom. The van der Waals surface area contributed by atoms with Crippen LogP contribution in [0.15, 0.2) is 16.6 Å². The van der Waals surface area contributed by atoms with Gasteiger partial charge < -0.3 is 9.47 Å². The Bertz CT molecular complexity index is 754. The quantitative estimate of drug-likeness (QED) is 0.800. The maximum Gasteiger partial charge on any atom is 0.145 e. The summed E-state index contributed by atoms with van der Waals surface area (Å²) in [5, 5.41) is 4.37. The predicted octanol–water partition coefficient (Wildman–Crippen LogP) is 4.02. The van der Waals surface area contributed by atoms with Crippen LogP contribution in [0.2, 0.25) is 0 Å². The van der Waals surface area contributed by atoms with Gasteiger partial charge in [0.2, 0.25) is 0 Å². The van der Waals surface area contributed by atoms with Crippen LogP contribution in [0.1, 0.15) is 18.3 Å². The largest absolute Gasteiger partial charge is 0.493 e. The number of hydrogen-bond acceptors (Lipinski definition) is 3. The summed E-state index contributed by atoms with van der Waals surface area (Å²) >= 11 is 3.29. The smallest absolute Gasteiger partial charge is 0.145 e. The number of hydrogen-bond donors (Lipinski definition) is 0. The molecule has 2 aromatic rings. The molecule has 0 saturated carbocycles. The number of ether oxygens (including phenoxy) is 2. The molecular formula is C17H20BrFN2O2. The first-order chi connectivity index (χ1) is 10.8. The Hall–Kier alpha value is -1.40. The first-order valence-corrected chi connectivity index (χ1v) is 8.30. The van der Waals surface area contributed by atoms with Crippen LogP contribution in [0, 0.1) is 25.1 Å². The highest BCUT2D eigenvalue weighted by Crippen LogP contribution is 2.36. The van der Waals surface area contributed by atoms with Gasteiger partial charge in [-0.2, -0.15) is 5.10 Å². The van der Waals surface area contributed by atoms with Crippen LogP contribution in [0.4, 0.5) is 4.39 Å². The van der Waals surface area contributed by atoms with Crippen molar-refractivity contribution in [3.63, 3.8) is 0 Å². The van der Waals surface area contributed by atoms with Crippen LogP contribution in [0.3, 0.4) is 0 Å². The predicted molar refractivity (Wildman–Crippen MR) is 90.2 cm³/mol. The van der Waals surface area contributed by atoms with Gasteiger partial charge in [-0.1, -0.05) is 6.92 Å². The summed E-state index contributed by atoms with van der Waals surface area (Å²) in [6.07, 6.45) is 0. The molecule has 6 heteroatoms. The standard InChI is InChI=1S/C17H20BrFN2O2/c1-10-15(11(2)21(4)20-10)13-5-12(6-14(18)16(13)19)23-9-17(3)7-22-8-17/h5-6H,7-9H2,1-4H3. The molecule has 0 amide bonds. The molecule has 1 fully saturated rings. The average molecular weight is 383 g/mol. The molecule has 0 N–H and O–H groups in total. The fraction of sp³-hybridized carbons (Fsp3) is 0.471. The molecule has 0 radical (unpaired) electrons. The van der Waals surface area contributed by atoms with Crippen LogP contribution in [0.25, 0.3) is 11.1 Å². The van der Waals surface area contributed by atoms with Crippen LogP contribution < -0.4 is 4.74 Å². The fourth-order valence-electron chi connectivity index (χ4n) is 2.78. The van der Waals surface area contributed by atoms with Crippen LogP contribution >= 0.6 is 15.9 Å². The highest BCUT2D eigenvalue weighted by Gasteiger charge is 2.34. The van der Waals surface area contributed by atoms with E-state index in [-0.39, 0.29) is 11.2 Å². The molecule has 0 spiro atoms. The van der Waals surface area contributed by atoms with E-state index in [1.54, 1.807) is 16.8 Å². The Morgan fingerprint density at radius 1 is 1.39 bits per heavy atom. The second kappa shape index (κ2) is 5.91. The topological polar surface area (TPSA) is 36.3 Å². The maximum absolute atomic E-state index is 14.6. The van der Waals surface area contributed by atoms with E-state index in [2.05, 4.69) is 28.0 Å². The van der Waals surface area contributed by atoms with Gasteiger partial charge in [0.1, 0.15) is 11.6 Å². The van der Waals surface area contributed by atoms with Gasteiger partial charge in [0.05, 0.1) is 30.0 Å². The number of rotatable bonds is 4. The van der Waals surface area contributed by atoms with Gasteiger partial charge in [-0.3, -0.25) is 4.68 Å². The molecule has 0 atom stereocenters. The molecule has 3 rings (SSSR count). The first-order valence-electron chi connectivity index (χ1n) is 7.51. The van der Waals surface area contributed by atoms with Crippen LogP contribution in [-0.4, -0.2) is 29.6 Å². The summed E-state index contributed by atoms with van der Waals surface area (Å²) in [6, 6.07) is 3.42. The van der Waals surface area contributed by atoms with Gasteiger partial charge in [0.25, 0.3) is 0 Å². The zero-order valence-corrected chi connectivity index (χ0v) is 15.3. The van der Waals surface area contributed by atoms with Gasteiger partial charge in [-0.15, -0.1) is 0 Å². The fourth-order valence-corrected chi connectivity index (χ4v) is 3.22. The van der Waals surface area contributed by atoms with Crippen molar-refractivity contribution in [2.75, 3.05) is 19.8 Å². The molecule has 124 valence electrons. The van der Waals surface area contributed by atoms with E-state index in [1.807, 2.05) is 20.9 Å². The molecule has 1 aromatic carbocycles. The van der Waals surface area contributed by atoms with Gasteiger partial charge in [0.15, 0.2) is 0 Å². The molecule has 0 unspecified atom stereocenters. The van der Waals surface area contributed by atoms with Crippen LogP contribution in [0.5, 0.6) is 5.75 Å². The number of aryl methyl sites for hydroxylation is 2. The third kappa shape index (κ3) is 3.02. The lowest BCUT2D eigenvalue weighted by molar-refractivity contribution is -0.120. The van der Waals surface area contributed by atoms with Crippen molar-refractivity contribution in [3.8, 4) is 16.9 Å². The summed E-state index contributed by atoms with van der Waals surface area (Å²) in [6.45, 7) is 7.88. The zero-order chi connectivity index (χ0) is 16.8. The van der Waals surface area contributed by atoms with Gasteiger partial charge in [-0.05, 0) is 41.9 Å². The molecule has 1 aliphatic heterocycles. The SMILES string of the molecule is Cc1nn(C)c(C)c1-c1cc(OCC2(C)COC2)cc(Br)c1F. The van der Waals surface area contributed by atoms with Crippen molar-refractivity contribution in [2.24, 2.45) is 12.5 Å². The molecule has 0 bridgehead atoms. The monoisotopic (exact) mass is 382 g/mol. The first kappa shape index (κ1) is 16.5. The Labute approximate surface area is 143 Å². The average Bonchev–Trinajstić information content (AvgIpc) is 2.71. The summed E-state index contributed by atoms with van der Waals surface area (Å²) in [7, 11) is 1.86. The summed E-state index contributed by atoms with van der Waals surface area (Å²) in [5.41, 5.74) is 3.08.